The van der Waals surface area contributed by atoms with Crippen molar-refractivity contribution in [3.05, 3.63) is 5.82 Å². The van der Waals surface area contributed by atoms with Crippen LogP contribution in [0.2, 0.25) is 0 Å². The Bertz CT molecular complexity index is 430. The van der Waals surface area contributed by atoms with E-state index in [0.717, 1.165) is 19.5 Å². The van der Waals surface area contributed by atoms with Gasteiger partial charge in [-0.05, 0) is 26.6 Å². The molecule has 2 heterocycles. The molecule has 0 aromatic carbocycles. The monoisotopic (exact) mass is 294 g/mol. The van der Waals surface area contributed by atoms with Crippen molar-refractivity contribution < 1.29 is 0 Å². The van der Waals surface area contributed by atoms with E-state index in [0.29, 0.717) is 18.3 Å². The van der Waals surface area contributed by atoms with Crippen molar-refractivity contribution >= 4 is 11.9 Å². The molecule has 1 fully saturated rings. The molecule has 0 radical (unpaired) electrons. The lowest BCUT2D eigenvalue weighted by Crippen LogP contribution is -2.45. The zero-order valence-corrected chi connectivity index (χ0v) is 13.0. The van der Waals surface area contributed by atoms with Gasteiger partial charge in [-0.3, -0.25) is 0 Å². The Morgan fingerprint density at radius 3 is 2.62 bits per heavy atom. The van der Waals surface area contributed by atoms with E-state index >= 15 is 0 Å². The molecule has 8 nitrogen and oxygen atoms in total. The number of nitrogens with zero attached hydrogens (tertiary/aromatic N) is 5. The van der Waals surface area contributed by atoms with Gasteiger partial charge in [0.2, 0.25) is 11.9 Å². The van der Waals surface area contributed by atoms with Gasteiger partial charge >= 0.3 is 0 Å². The van der Waals surface area contributed by atoms with E-state index in [1.165, 1.54) is 26.2 Å². The molecule has 0 atom stereocenters. The van der Waals surface area contributed by atoms with Crippen LogP contribution in [0.1, 0.15) is 12.2 Å². The summed E-state index contributed by atoms with van der Waals surface area (Å²) >= 11 is 0. The number of rotatable bonds is 7. The van der Waals surface area contributed by atoms with Gasteiger partial charge in [0.15, 0.2) is 0 Å². The Morgan fingerprint density at radius 2 is 1.90 bits per heavy atom. The third-order valence-corrected chi connectivity index (χ3v) is 3.63. The highest BCUT2D eigenvalue weighted by Gasteiger charge is 2.12. The van der Waals surface area contributed by atoms with E-state index in [9.17, 15) is 0 Å². The highest BCUT2D eigenvalue weighted by Crippen LogP contribution is 2.02. The van der Waals surface area contributed by atoms with E-state index in [-0.39, 0.29) is 5.95 Å². The van der Waals surface area contributed by atoms with Gasteiger partial charge in [0.25, 0.3) is 0 Å². The minimum absolute atomic E-state index is 0.253. The molecule has 2 rings (SSSR count). The molecule has 0 saturated carbocycles. The van der Waals surface area contributed by atoms with E-state index in [2.05, 4.69) is 42.4 Å². The summed E-state index contributed by atoms with van der Waals surface area (Å²) in [5.74, 6) is 1.44. The van der Waals surface area contributed by atoms with Gasteiger partial charge in [0.05, 0.1) is 6.54 Å². The summed E-state index contributed by atoms with van der Waals surface area (Å²) in [5.41, 5.74) is 5.63. The molecule has 118 valence electrons. The maximum absolute atomic E-state index is 5.63. The van der Waals surface area contributed by atoms with E-state index in [4.69, 9.17) is 5.73 Å². The Balaban J connectivity index is 1.62. The van der Waals surface area contributed by atoms with Crippen LogP contribution in [0.25, 0.3) is 0 Å². The van der Waals surface area contributed by atoms with Crippen molar-refractivity contribution in [3.8, 4) is 0 Å². The first-order valence-electron chi connectivity index (χ1n) is 7.47. The highest BCUT2D eigenvalue weighted by atomic mass is 15.2. The molecule has 1 aliphatic heterocycles. The third kappa shape index (κ3) is 5.41. The van der Waals surface area contributed by atoms with Crippen LogP contribution < -0.4 is 16.4 Å². The smallest absolute Gasteiger partial charge is 0.227 e. The van der Waals surface area contributed by atoms with Crippen LogP contribution in [-0.4, -0.2) is 78.1 Å². The second kappa shape index (κ2) is 8.06. The average Bonchev–Trinajstić information content (AvgIpc) is 2.48. The standard InChI is InChI=1S/C13H26N8/c1-15-13-18-11(17-12(14)19-13)10-16-4-3-5-21-8-6-20(2)7-9-21/h16H,3-10H2,1-2H3,(H3,14,15,17,18,19). The van der Waals surface area contributed by atoms with Gasteiger partial charge in [0.1, 0.15) is 5.82 Å². The second-order valence-electron chi connectivity index (χ2n) is 5.36. The fraction of sp³-hybridized carbons (Fsp3) is 0.769. The summed E-state index contributed by atoms with van der Waals surface area (Å²) in [6.07, 6.45) is 1.13. The summed E-state index contributed by atoms with van der Waals surface area (Å²) in [6.45, 7) is 7.39. The molecule has 0 bridgehead atoms. The van der Waals surface area contributed by atoms with Gasteiger partial charge in [-0.15, -0.1) is 0 Å². The van der Waals surface area contributed by atoms with Gasteiger partial charge in [-0.1, -0.05) is 0 Å². The van der Waals surface area contributed by atoms with E-state index in [1.807, 2.05) is 0 Å². The lowest BCUT2D eigenvalue weighted by molar-refractivity contribution is 0.152. The molecule has 4 N–H and O–H groups in total. The molecule has 0 amide bonds. The van der Waals surface area contributed by atoms with Gasteiger partial charge in [-0.2, -0.15) is 15.0 Å². The summed E-state index contributed by atoms with van der Waals surface area (Å²) in [6, 6.07) is 0. The first kappa shape index (κ1) is 15.9. The molecule has 0 spiro atoms. The number of nitrogens with two attached hydrogens (primary N) is 1. The molecule has 1 aromatic heterocycles. The molecule has 0 unspecified atom stereocenters. The van der Waals surface area contributed by atoms with Crippen LogP contribution in [0.3, 0.4) is 0 Å². The number of likely N-dealkylation sites (N-methyl/N-ethyl adjacent to an activating group) is 1. The van der Waals surface area contributed by atoms with Crippen molar-refractivity contribution in [1.82, 2.24) is 30.1 Å². The maximum Gasteiger partial charge on any atom is 0.227 e. The first-order valence-corrected chi connectivity index (χ1v) is 7.47. The van der Waals surface area contributed by atoms with E-state index < -0.39 is 0 Å². The van der Waals surface area contributed by atoms with Crippen LogP contribution >= 0.6 is 0 Å². The van der Waals surface area contributed by atoms with Crippen molar-refractivity contribution in [2.45, 2.75) is 13.0 Å². The average molecular weight is 294 g/mol. The second-order valence-corrected chi connectivity index (χ2v) is 5.36. The van der Waals surface area contributed by atoms with Crippen LogP contribution in [0.15, 0.2) is 0 Å². The third-order valence-electron chi connectivity index (χ3n) is 3.63. The molecule has 1 aromatic rings. The van der Waals surface area contributed by atoms with Gasteiger partial charge < -0.3 is 26.2 Å². The summed E-state index contributed by atoms with van der Waals surface area (Å²) < 4.78 is 0. The number of nitrogens with one attached hydrogen (secondary N) is 2. The predicted octanol–water partition coefficient (Wildman–Crippen LogP) is -0.777. The van der Waals surface area contributed by atoms with Crippen LogP contribution in [0.4, 0.5) is 11.9 Å². The predicted molar refractivity (Wildman–Crippen MR) is 84.0 cm³/mol. The molecule has 1 aliphatic rings. The Kier molecular flexibility index (Phi) is 6.09. The van der Waals surface area contributed by atoms with Crippen molar-refractivity contribution in [2.24, 2.45) is 0 Å². The largest absolute Gasteiger partial charge is 0.368 e. The minimum Gasteiger partial charge on any atom is -0.368 e. The number of anilines is 2. The lowest BCUT2D eigenvalue weighted by atomic mass is 10.3. The van der Waals surface area contributed by atoms with Crippen LogP contribution in [0, 0.1) is 0 Å². The summed E-state index contributed by atoms with van der Waals surface area (Å²) in [7, 11) is 3.95. The molecule has 1 saturated heterocycles. The quantitative estimate of drug-likeness (QED) is 0.564. The van der Waals surface area contributed by atoms with Crippen molar-refractivity contribution in [2.75, 3.05) is 64.4 Å². The van der Waals surface area contributed by atoms with Crippen molar-refractivity contribution in [1.29, 1.82) is 0 Å². The molecular formula is C13H26N8. The SMILES string of the molecule is CNc1nc(N)nc(CNCCCN2CCN(C)CC2)n1. The first-order chi connectivity index (χ1) is 10.2. The van der Waals surface area contributed by atoms with Gasteiger partial charge in [-0.25, -0.2) is 0 Å². The molecule has 21 heavy (non-hydrogen) atoms. The zero-order valence-electron chi connectivity index (χ0n) is 13.0. The van der Waals surface area contributed by atoms with E-state index in [1.54, 1.807) is 7.05 Å². The molecular weight excluding hydrogens is 268 g/mol. The summed E-state index contributed by atoms with van der Waals surface area (Å²) in [4.78, 5) is 17.2. The number of piperazine rings is 1. The number of hydrogen-bond donors (Lipinski definition) is 3. The highest BCUT2D eigenvalue weighted by molar-refractivity contribution is 5.29. The number of hydrogen-bond acceptors (Lipinski definition) is 8. The Hall–Kier alpha value is -1.51. The number of nitrogen functional groups attached to an aromatic ring is 1. The lowest BCUT2D eigenvalue weighted by Gasteiger charge is -2.32. The van der Waals surface area contributed by atoms with Gasteiger partial charge in [0, 0.05) is 33.2 Å². The fourth-order valence-electron chi connectivity index (χ4n) is 2.33. The van der Waals surface area contributed by atoms with Crippen LogP contribution in [-0.2, 0) is 6.54 Å². The zero-order chi connectivity index (χ0) is 15.1. The molecule has 0 aliphatic carbocycles. The normalized spacial score (nSPS) is 17.0. The Labute approximate surface area is 126 Å². The topological polar surface area (TPSA) is 95.2 Å². The minimum atomic E-state index is 0.253. The number of aromatic nitrogens is 3. The molecule has 8 heteroatoms. The summed E-state index contributed by atoms with van der Waals surface area (Å²) in [5, 5.41) is 6.23. The van der Waals surface area contributed by atoms with Crippen LogP contribution in [0.5, 0.6) is 0 Å². The fourth-order valence-corrected chi connectivity index (χ4v) is 2.33. The Morgan fingerprint density at radius 1 is 1.14 bits per heavy atom. The maximum atomic E-state index is 5.63. The van der Waals surface area contributed by atoms with Crippen molar-refractivity contribution in [3.63, 3.8) is 0 Å².